The Kier molecular flexibility index (Phi) is 4.48. The lowest BCUT2D eigenvalue weighted by atomic mass is 9.45. The smallest absolute Gasteiger partial charge is 0.333 e. The van der Waals surface area contributed by atoms with Gasteiger partial charge in [-0.25, -0.2) is 0 Å². The van der Waals surface area contributed by atoms with Crippen LogP contribution in [0.25, 0.3) is 98.7 Å². The SMILES string of the molecule is CC1(C)c2cccc3c2-n2c4c1cccc4c1c(-n4c5ccccc5c5ccccc54)cc4c(c12)B3n1c2ccc3ccccc3c2c2cccc-4c21. The summed E-state index contributed by atoms with van der Waals surface area (Å²) in [6.45, 7) is 4.89. The molecule has 14 rings (SSSR count). The van der Waals surface area contributed by atoms with Crippen molar-refractivity contribution in [3.8, 4) is 22.5 Å². The molecule has 3 aliphatic rings. The van der Waals surface area contributed by atoms with Crippen LogP contribution in [0.1, 0.15) is 25.0 Å². The first-order valence-corrected chi connectivity index (χ1v) is 18.8. The molecule has 3 aromatic heterocycles. The van der Waals surface area contributed by atoms with E-state index in [-0.39, 0.29) is 12.3 Å². The summed E-state index contributed by atoms with van der Waals surface area (Å²) in [5, 5.41) is 10.5. The minimum absolute atomic E-state index is 0.0277. The van der Waals surface area contributed by atoms with Crippen LogP contribution < -0.4 is 10.9 Å². The number of rotatable bonds is 1. The quantitative estimate of drug-likeness (QED) is 0.154. The van der Waals surface area contributed by atoms with E-state index in [1.807, 2.05) is 0 Å². The van der Waals surface area contributed by atoms with Crippen LogP contribution in [-0.2, 0) is 5.41 Å². The van der Waals surface area contributed by atoms with Crippen molar-refractivity contribution in [1.82, 2.24) is 13.6 Å². The average molecular weight is 672 g/mol. The third-order valence-electron chi connectivity index (χ3n) is 13.4. The van der Waals surface area contributed by atoms with Gasteiger partial charge in [0.2, 0.25) is 0 Å². The molecule has 8 aromatic carbocycles. The van der Waals surface area contributed by atoms with Crippen LogP contribution in [0.3, 0.4) is 0 Å². The summed E-state index contributed by atoms with van der Waals surface area (Å²) in [5.74, 6) is 0. The second-order valence-corrected chi connectivity index (χ2v) is 16.0. The number of fused-ring (bicyclic) bond motifs is 12. The highest BCUT2D eigenvalue weighted by molar-refractivity contribution is 6.90. The van der Waals surface area contributed by atoms with Crippen LogP contribution >= 0.6 is 0 Å². The van der Waals surface area contributed by atoms with Crippen LogP contribution in [0.15, 0.2) is 146 Å². The minimum Gasteiger partial charge on any atom is -0.375 e. The van der Waals surface area contributed by atoms with E-state index in [1.165, 1.54) is 121 Å². The zero-order valence-electron chi connectivity index (χ0n) is 29.3. The molecule has 3 nitrogen and oxygen atoms in total. The van der Waals surface area contributed by atoms with Gasteiger partial charge in [-0.15, -0.1) is 0 Å². The Morgan fingerprint density at radius 2 is 1.13 bits per heavy atom. The summed E-state index contributed by atoms with van der Waals surface area (Å²) in [6.07, 6.45) is 0. The summed E-state index contributed by atoms with van der Waals surface area (Å²) >= 11 is 0. The van der Waals surface area contributed by atoms with Gasteiger partial charge in [-0.3, -0.25) is 0 Å². The molecule has 4 heteroatoms. The second kappa shape index (κ2) is 8.74. The molecule has 0 N–H and O–H groups in total. The highest BCUT2D eigenvalue weighted by Gasteiger charge is 2.47. The van der Waals surface area contributed by atoms with Crippen LogP contribution in [0.5, 0.6) is 0 Å². The maximum Gasteiger partial charge on any atom is 0.333 e. The van der Waals surface area contributed by atoms with Gasteiger partial charge in [-0.2, -0.15) is 0 Å². The molecule has 0 saturated heterocycles. The van der Waals surface area contributed by atoms with Gasteiger partial charge in [0.05, 0.1) is 27.8 Å². The highest BCUT2D eigenvalue weighted by Crippen LogP contribution is 2.52. The lowest BCUT2D eigenvalue weighted by molar-refractivity contribution is 0.631. The number of hydrogen-bond donors (Lipinski definition) is 0. The van der Waals surface area contributed by atoms with Gasteiger partial charge >= 0.3 is 6.85 Å². The Hall–Kier alpha value is -6.52. The van der Waals surface area contributed by atoms with E-state index < -0.39 is 0 Å². The first-order chi connectivity index (χ1) is 26.1. The molecule has 0 amide bonds. The molecule has 0 fully saturated rings. The Labute approximate surface area is 305 Å². The molecule has 0 spiro atoms. The molecular weight excluding hydrogens is 641 g/mol. The second-order valence-electron chi connectivity index (χ2n) is 16.0. The summed E-state index contributed by atoms with van der Waals surface area (Å²) in [6, 6.07) is 55.3. The van der Waals surface area contributed by atoms with Crippen LogP contribution in [-0.4, -0.2) is 20.5 Å². The maximum absolute atomic E-state index is 2.72. The number of para-hydroxylation sites is 5. The van der Waals surface area contributed by atoms with Gasteiger partial charge < -0.3 is 13.6 Å². The predicted octanol–water partition coefficient (Wildman–Crippen LogP) is 10.7. The van der Waals surface area contributed by atoms with E-state index in [4.69, 9.17) is 0 Å². The molecule has 3 aliphatic heterocycles. The van der Waals surface area contributed by atoms with E-state index in [9.17, 15) is 0 Å². The van der Waals surface area contributed by atoms with Crippen LogP contribution in [0.4, 0.5) is 0 Å². The van der Waals surface area contributed by atoms with Crippen molar-refractivity contribution < 1.29 is 0 Å². The number of hydrogen-bond acceptors (Lipinski definition) is 0. The zero-order valence-corrected chi connectivity index (χ0v) is 29.3. The van der Waals surface area contributed by atoms with Gasteiger partial charge in [0, 0.05) is 60.0 Å². The Morgan fingerprint density at radius 1 is 0.472 bits per heavy atom. The monoisotopic (exact) mass is 671 g/mol. The van der Waals surface area contributed by atoms with E-state index in [1.54, 1.807) is 0 Å². The third-order valence-corrected chi connectivity index (χ3v) is 13.4. The lowest BCUT2D eigenvalue weighted by Gasteiger charge is -2.40. The molecule has 244 valence electrons. The fourth-order valence-electron chi connectivity index (χ4n) is 11.3. The molecule has 6 heterocycles. The lowest BCUT2D eigenvalue weighted by Crippen LogP contribution is -2.56. The summed E-state index contributed by atoms with van der Waals surface area (Å²) in [7, 11) is 0. The fourth-order valence-corrected chi connectivity index (χ4v) is 11.3. The minimum atomic E-state index is -0.167. The first kappa shape index (κ1) is 27.2. The molecule has 0 aliphatic carbocycles. The number of aromatic nitrogens is 3. The zero-order chi connectivity index (χ0) is 34.5. The normalized spacial score (nSPS) is 14.7. The highest BCUT2D eigenvalue weighted by atomic mass is 15.1. The summed E-state index contributed by atoms with van der Waals surface area (Å²) < 4.78 is 7.97. The molecule has 0 atom stereocenters. The molecular formula is C49H30BN3. The van der Waals surface area contributed by atoms with E-state index in [2.05, 4.69) is 173 Å². The molecule has 0 saturated carbocycles. The first-order valence-electron chi connectivity index (χ1n) is 18.8. The summed E-state index contributed by atoms with van der Waals surface area (Å²) in [5.41, 5.74) is 18.5. The standard InChI is InChI=1S/C49H30BN3/c1-49(2)35-19-10-18-33-43-41(51-38-22-7-5-14-29(38)30-15-6-8-23-39(30)51)26-34-31-16-9-17-32-42-28-13-4-3-12-27(28)24-25-40(42)53(45(31)32)50-37-21-11-20-36(49)47(37)52(46(33)35)48(43)44(34)50/h3-26H,1-2H3. The predicted molar refractivity (Wildman–Crippen MR) is 224 cm³/mol. The van der Waals surface area contributed by atoms with Gasteiger partial charge in [-0.05, 0) is 62.7 Å². The van der Waals surface area contributed by atoms with Crippen LogP contribution in [0, 0.1) is 0 Å². The van der Waals surface area contributed by atoms with Crippen molar-refractivity contribution in [2.45, 2.75) is 19.3 Å². The number of benzene rings is 8. The largest absolute Gasteiger partial charge is 0.375 e. The van der Waals surface area contributed by atoms with Crippen molar-refractivity contribution in [2.75, 3.05) is 0 Å². The maximum atomic E-state index is 2.72. The van der Waals surface area contributed by atoms with Crippen molar-refractivity contribution in [2.24, 2.45) is 0 Å². The summed E-state index contributed by atoms with van der Waals surface area (Å²) in [4.78, 5) is 0. The van der Waals surface area contributed by atoms with Crippen molar-refractivity contribution >= 4 is 94.0 Å². The average Bonchev–Trinajstić information content (AvgIpc) is 3.85. The Balaban J connectivity index is 1.29. The molecule has 53 heavy (non-hydrogen) atoms. The van der Waals surface area contributed by atoms with Gasteiger partial charge in [0.1, 0.15) is 0 Å². The fraction of sp³-hybridized carbons (Fsp3) is 0.0612. The van der Waals surface area contributed by atoms with Gasteiger partial charge in [0.25, 0.3) is 0 Å². The third kappa shape index (κ3) is 2.86. The van der Waals surface area contributed by atoms with E-state index in [0.717, 1.165) is 0 Å². The molecule has 11 aromatic rings. The van der Waals surface area contributed by atoms with Crippen molar-refractivity contribution in [3.05, 3.63) is 157 Å². The van der Waals surface area contributed by atoms with Crippen molar-refractivity contribution in [3.63, 3.8) is 0 Å². The molecule has 0 unspecified atom stereocenters. The molecule has 0 bridgehead atoms. The molecule has 0 radical (unpaired) electrons. The number of nitrogens with zero attached hydrogens (tertiary/aromatic N) is 3. The Morgan fingerprint density at radius 3 is 1.94 bits per heavy atom. The van der Waals surface area contributed by atoms with Gasteiger partial charge in [0.15, 0.2) is 0 Å². The van der Waals surface area contributed by atoms with Gasteiger partial charge in [-0.1, -0.05) is 135 Å². The topological polar surface area (TPSA) is 14.8 Å². The van der Waals surface area contributed by atoms with E-state index >= 15 is 0 Å². The Bertz CT molecular complexity index is 3500. The van der Waals surface area contributed by atoms with E-state index in [0.29, 0.717) is 0 Å². The van der Waals surface area contributed by atoms with Crippen molar-refractivity contribution in [1.29, 1.82) is 0 Å². The van der Waals surface area contributed by atoms with Crippen LogP contribution in [0.2, 0.25) is 0 Å².